The van der Waals surface area contributed by atoms with Gasteiger partial charge in [0, 0.05) is 39.0 Å². The molecule has 0 radical (unpaired) electrons. The maximum absolute atomic E-state index is 5.84. The van der Waals surface area contributed by atoms with E-state index in [1.807, 2.05) is 0 Å². The predicted molar refractivity (Wildman–Crippen MR) is 87.0 cm³/mol. The molecule has 0 aromatic heterocycles. The highest BCUT2D eigenvalue weighted by molar-refractivity contribution is 5.55. The largest absolute Gasteiger partial charge is 0.383 e. The van der Waals surface area contributed by atoms with E-state index in [1.54, 1.807) is 7.11 Å². The summed E-state index contributed by atoms with van der Waals surface area (Å²) >= 11 is 0. The molecular formula is C17H28N2O2. The van der Waals surface area contributed by atoms with E-state index in [4.69, 9.17) is 9.47 Å². The zero-order chi connectivity index (χ0) is 15.2. The van der Waals surface area contributed by atoms with Crippen LogP contribution < -0.4 is 10.2 Å². The first-order valence-electron chi connectivity index (χ1n) is 7.79. The molecule has 1 aliphatic heterocycles. The second-order valence-electron chi connectivity index (χ2n) is 5.96. The molecule has 1 saturated heterocycles. The Bertz CT molecular complexity index is 440. The lowest BCUT2D eigenvalue weighted by Gasteiger charge is -2.38. The number of benzene rings is 1. The van der Waals surface area contributed by atoms with Crippen LogP contribution in [0.4, 0.5) is 5.69 Å². The summed E-state index contributed by atoms with van der Waals surface area (Å²) in [6.07, 6.45) is 0.564. The van der Waals surface area contributed by atoms with Gasteiger partial charge in [-0.25, -0.2) is 0 Å². The van der Waals surface area contributed by atoms with Crippen molar-refractivity contribution in [2.45, 2.75) is 39.5 Å². The third kappa shape index (κ3) is 4.70. The Morgan fingerprint density at radius 3 is 2.67 bits per heavy atom. The summed E-state index contributed by atoms with van der Waals surface area (Å²) in [6.45, 7) is 10.8. The van der Waals surface area contributed by atoms with Crippen molar-refractivity contribution in [3.63, 3.8) is 0 Å². The number of nitrogens with zero attached hydrogens (tertiary/aromatic N) is 1. The number of methoxy groups -OCH3 is 1. The average Bonchev–Trinajstić information content (AvgIpc) is 2.42. The molecule has 1 aromatic carbocycles. The van der Waals surface area contributed by atoms with Crippen LogP contribution in [0.5, 0.6) is 0 Å². The van der Waals surface area contributed by atoms with Gasteiger partial charge in [0.2, 0.25) is 0 Å². The highest BCUT2D eigenvalue weighted by Crippen LogP contribution is 2.25. The summed E-state index contributed by atoms with van der Waals surface area (Å²) in [5.74, 6) is 0. The molecule has 2 atom stereocenters. The van der Waals surface area contributed by atoms with Crippen molar-refractivity contribution in [2.24, 2.45) is 0 Å². The molecule has 1 aromatic rings. The van der Waals surface area contributed by atoms with E-state index in [0.29, 0.717) is 0 Å². The smallest absolute Gasteiger partial charge is 0.0726 e. The lowest BCUT2D eigenvalue weighted by molar-refractivity contribution is -0.00526. The second-order valence-corrected chi connectivity index (χ2v) is 5.96. The molecule has 118 valence electrons. The third-order valence-corrected chi connectivity index (χ3v) is 3.79. The molecule has 1 heterocycles. The number of nitrogens with one attached hydrogen (secondary N) is 1. The lowest BCUT2D eigenvalue weighted by Crippen LogP contribution is -2.46. The summed E-state index contributed by atoms with van der Waals surface area (Å²) in [5.41, 5.74) is 3.98. The van der Waals surface area contributed by atoms with Gasteiger partial charge in [-0.1, -0.05) is 17.7 Å². The Balaban J connectivity index is 2.10. The zero-order valence-electron chi connectivity index (χ0n) is 13.7. The minimum atomic E-state index is 0.282. The molecular weight excluding hydrogens is 264 g/mol. The fraction of sp³-hybridized carbons (Fsp3) is 0.647. The van der Waals surface area contributed by atoms with E-state index in [0.717, 1.165) is 32.8 Å². The van der Waals surface area contributed by atoms with E-state index in [2.05, 4.69) is 49.2 Å². The molecule has 1 aliphatic rings. The topological polar surface area (TPSA) is 33.7 Å². The summed E-state index contributed by atoms with van der Waals surface area (Å²) in [7, 11) is 1.73. The predicted octanol–water partition coefficient (Wildman–Crippen LogP) is 2.34. The van der Waals surface area contributed by atoms with Crippen LogP contribution in [0.1, 0.15) is 25.0 Å². The summed E-state index contributed by atoms with van der Waals surface area (Å²) < 4.78 is 10.9. The van der Waals surface area contributed by atoms with Gasteiger partial charge in [0.25, 0.3) is 0 Å². The number of anilines is 1. The van der Waals surface area contributed by atoms with Crippen LogP contribution in [0.2, 0.25) is 0 Å². The molecule has 21 heavy (non-hydrogen) atoms. The minimum Gasteiger partial charge on any atom is -0.383 e. The van der Waals surface area contributed by atoms with Crippen LogP contribution in [0.25, 0.3) is 0 Å². The number of ether oxygens (including phenoxy) is 2. The quantitative estimate of drug-likeness (QED) is 0.816. The molecule has 2 unspecified atom stereocenters. The van der Waals surface area contributed by atoms with E-state index in [1.165, 1.54) is 16.8 Å². The fourth-order valence-electron chi connectivity index (χ4n) is 2.94. The molecule has 0 amide bonds. The van der Waals surface area contributed by atoms with Gasteiger partial charge in [-0.05, 0) is 32.4 Å². The highest BCUT2D eigenvalue weighted by atomic mass is 16.5. The average molecular weight is 292 g/mol. The number of hydrogen-bond acceptors (Lipinski definition) is 4. The molecule has 0 bridgehead atoms. The maximum atomic E-state index is 5.84. The Hall–Kier alpha value is -1.10. The van der Waals surface area contributed by atoms with Crippen molar-refractivity contribution in [3.05, 3.63) is 29.3 Å². The normalized spacial score (nSPS) is 22.6. The molecule has 0 aliphatic carbocycles. The minimum absolute atomic E-state index is 0.282. The first kappa shape index (κ1) is 16.3. The van der Waals surface area contributed by atoms with Crippen LogP contribution >= 0.6 is 0 Å². The van der Waals surface area contributed by atoms with Crippen molar-refractivity contribution < 1.29 is 9.47 Å². The van der Waals surface area contributed by atoms with Gasteiger partial charge >= 0.3 is 0 Å². The first-order chi connectivity index (χ1) is 10.1. The van der Waals surface area contributed by atoms with Crippen molar-refractivity contribution in [1.29, 1.82) is 0 Å². The van der Waals surface area contributed by atoms with Gasteiger partial charge in [0.15, 0.2) is 0 Å². The monoisotopic (exact) mass is 292 g/mol. The lowest BCUT2D eigenvalue weighted by atomic mass is 10.1. The van der Waals surface area contributed by atoms with Crippen molar-refractivity contribution >= 4 is 5.69 Å². The van der Waals surface area contributed by atoms with E-state index in [-0.39, 0.29) is 12.2 Å². The summed E-state index contributed by atoms with van der Waals surface area (Å²) in [5, 5.41) is 3.45. The third-order valence-electron chi connectivity index (χ3n) is 3.79. The Labute approximate surface area is 128 Å². The molecule has 2 rings (SSSR count). The fourth-order valence-corrected chi connectivity index (χ4v) is 2.94. The Morgan fingerprint density at radius 1 is 1.29 bits per heavy atom. The number of rotatable bonds is 6. The van der Waals surface area contributed by atoms with Crippen LogP contribution in [0, 0.1) is 6.92 Å². The van der Waals surface area contributed by atoms with Gasteiger partial charge in [0.1, 0.15) is 0 Å². The zero-order valence-corrected chi connectivity index (χ0v) is 13.7. The summed E-state index contributed by atoms with van der Waals surface area (Å²) in [4.78, 5) is 2.45. The van der Waals surface area contributed by atoms with Crippen LogP contribution in [0.15, 0.2) is 18.2 Å². The first-order valence-corrected chi connectivity index (χ1v) is 7.79. The van der Waals surface area contributed by atoms with Gasteiger partial charge in [0.05, 0.1) is 18.8 Å². The van der Waals surface area contributed by atoms with Crippen LogP contribution in [-0.2, 0) is 16.0 Å². The standard InChI is InChI=1S/C17H28N2O2/c1-13-5-6-17(16(9-13)10-18-7-8-20-4)19-11-14(2)21-15(3)12-19/h5-6,9,14-15,18H,7-8,10-12H2,1-4H3. The molecule has 1 fully saturated rings. The number of aryl methyl sites for hydroxylation is 1. The maximum Gasteiger partial charge on any atom is 0.0726 e. The van der Waals surface area contributed by atoms with Gasteiger partial charge < -0.3 is 19.7 Å². The van der Waals surface area contributed by atoms with Crippen LogP contribution in [-0.4, -0.2) is 45.6 Å². The van der Waals surface area contributed by atoms with E-state index < -0.39 is 0 Å². The van der Waals surface area contributed by atoms with Gasteiger partial charge in [-0.15, -0.1) is 0 Å². The van der Waals surface area contributed by atoms with E-state index in [9.17, 15) is 0 Å². The van der Waals surface area contributed by atoms with Gasteiger partial charge in [-0.2, -0.15) is 0 Å². The highest BCUT2D eigenvalue weighted by Gasteiger charge is 2.23. The summed E-state index contributed by atoms with van der Waals surface area (Å²) in [6, 6.07) is 6.71. The SMILES string of the molecule is COCCNCc1cc(C)ccc1N1CC(C)OC(C)C1. The number of morpholine rings is 1. The molecule has 4 heteroatoms. The van der Waals surface area contributed by atoms with Gasteiger partial charge in [-0.3, -0.25) is 0 Å². The van der Waals surface area contributed by atoms with Crippen molar-refractivity contribution in [1.82, 2.24) is 5.32 Å². The molecule has 1 N–H and O–H groups in total. The second kappa shape index (κ2) is 7.78. The van der Waals surface area contributed by atoms with E-state index >= 15 is 0 Å². The van der Waals surface area contributed by atoms with Crippen LogP contribution in [0.3, 0.4) is 0 Å². The molecule has 0 saturated carbocycles. The Morgan fingerprint density at radius 2 is 2.00 bits per heavy atom. The molecule has 0 spiro atoms. The number of hydrogen-bond donors (Lipinski definition) is 1. The van der Waals surface area contributed by atoms with Crippen molar-refractivity contribution in [3.8, 4) is 0 Å². The molecule has 4 nitrogen and oxygen atoms in total. The van der Waals surface area contributed by atoms with Crippen molar-refractivity contribution in [2.75, 3.05) is 38.3 Å². The Kier molecular flexibility index (Phi) is 6.03.